The van der Waals surface area contributed by atoms with E-state index in [1.165, 1.54) is 19.3 Å². The summed E-state index contributed by atoms with van der Waals surface area (Å²) in [5.41, 5.74) is 1.46. The second kappa shape index (κ2) is 15.4. The van der Waals surface area contributed by atoms with Crippen LogP contribution in [0, 0.1) is 0 Å². The Morgan fingerprint density at radius 3 is 2.09 bits per heavy atom. The third-order valence-corrected chi connectivity index (χ3v) is 4.91. The molecule has 0 atom stereocenters. The SMILES string of the molecule is CCCCCCCN(CCc1ccc(C=C(OCC)C(=O)OCC)cc1)C(=O)OC(C)(C)C. The molecule has 0 N–H and O–H groups in total. The molecule has 1 amide bonds. The molecule has 1 aromatic carbocycles. The number of ether oxygens (including phenoxy) is 3. The molecule has 6 nitrogen and oxygen atoms in total. The normalized spacial score (nSPS) is 11.8. The molecule has 0 aliphatic heterocycles. The number of hydrogen-bond acceptors (Lipinski definition) is 5. The molecular formula is C27H43NO5. The van der Waals surface area contributed by atoms with Crippen LogP contribution in [-0.4, -0.2) is 48.9 Å². The minimum atomic E-state index is -0.511. The molecule has 186 valence electrons. The van der Waals surface area contributed by atoms with E-state index in [0.29, 0.717) is 26.3 Å². The first-order valence-electron chi connectivity index (χ1n) is 12.3. The van der Waals surface area contributed by atoms with Gasteiger partial charge < -0.3 is 19.1 Å². The topological polar surface area (TPSA) is 65.1 Å². The van der Waals surface area contributed by atoms with E-state index >= 15 is 0 Å². The molecule has 1 rings (SSSR count). The van der Waals surface area contributed by atoms with Crippen LogP contribution in [0.1, 0.15) is 84.8 Å². The number of amides is 1. The summed E-state index contributed by atoms with van der Waals surface area (Å²) >= 11 is 0. The van der Waals surface area contributed by atoms with Crippen molar-refractivity contribution in [2.24, 2.45) is 0 Å². The molecule has 33 heavy (non-hydrogen) atoms. The van der Waals surface area contributed by atoms with E-state index in [1.807, 2.05) is 56.9 Å². The summed E-state index contributed by atoms with van der Waals surface area (Å²) in [4.78, 5) is 26.5. The van der Waals surface area contributed by atoms with Gasteiger partial charge in [-0.25, -0.2) is 9.59 Å². The second-order valence-corrected chi connectivity index (χ2v) is 9.04. The van der Waals surface area contributed by atoms with Crippen molar-refractivity contribution in [1.82, 2.24) is 4.90 Å². The molecule has 0 radical (unpaired) electrons. The highest BCUT2D eigenvalue weighted by Crippen LogP contribution is 2.15. The molecule has 0 spiro atoms. The van der Waals surface area contributed by atoms with E-state index in [9.17, 15) is 9.59 Å². The van der Waals surface area contributed by atoms with E-state index in [1.54, 1.807) is 13.0 Å². The largest absolute Gasteiger partial charge is 0.487 e. The van der Waals surface area contributed by atoms with Crippen molar-refractivity contribution in [2.75, 3.05) is 26.3 Å². The number of benzene rings is 1. The Kier molecular flexibility index (Phi) is 13.3. The zero-order valence-electron chi connectivity index (χ0n) is 21.4. The Hall–Kier alpha value is -2.50. The van der Waals surface area contributed by atoms with Crippen LogP contribution in [0.15, 0.2) is 30.0 Å². The molecule has 0 aromatic heterocycles. The number of esters is 1. The maximum Gasteiger partial charge on any atom is 0.410 e. The van der Waals surface area contributed by atoms with Gasteiger partial charge in [-0.2, -0.15) is 0 Å². The van der Waals surface area contributed by atoms with Crippen LogP contribution >= 0.6 is 0 Å². The highest BCUT2D eigenvalue weighted by molar-refractivity contribution is 5.91. The molecule has 1 aromatic rings. The Morgan fingerprint density at radius 2 is 1.52 bits per heavy atom. The summed E-state index contributed by atoms with van der Waals surface area (Å²) in [6.07, 6.45) is 7.90. The average molecular weight is 462 g/mol. The number of unbranched alkanes of at least 4 members (excludes halogenated alkanes) is 4. The van der Waals surface area contributed by atoms with E-state index in [0.717, 1.165) is 30.4 Å². The summed E-state index contributed by atoms with van der Waals surface area (Å²) in [7, 11) is 0. The van der Waals surface area contributed by atoms with Gasteiger partial charge in [-0.1, -0.05) is 56.9 Å². The standard InChI is InChI=1S/C27H43NO5/c1-7-10-11-12-13-19-28(26(30)33-27(4,5)6)20-18-22-14-16-23(17-15-22)21-24(31-8-2)25(29)32-9-3/h14-17,21H,7-13,18-20H2,1-6H3. The van der Waals surface area contributed by atoms with Gasteiger partial charge in [0.2, 0.25) is 5.76 Å². The van der Waals surface area contributed by atoms with Crippen molar-refractivity contribution in [3.8, 4) is 0 Å². The first-order valence-corrected chi connectivity index (χ1v) is 12.3. The maximum atomic E-state index is 12.7. The Bertz CT molecular complexity index is 734. The molecule has 0 aliphatic carbocycles. The van der Waals surface area contributed by atoms with Crippen molar-refractivity contribution < 1.29 is 23.8 Å². The van der Waals surface area contributed by atoms with E-state index < -0.39 is 11.6 Å². The van der Waals surface area contributed by atoms with Gasteiger partial charge in [0.1, 0.15) is 5.60 Å². The van der Waals surface area contributed by atoms with Crippen molar-refractivity contribution in [1.29, 1.82) is 0 Å². The number of nitrogens with zero attached hydrogens (tertiary/aromatic N) is 1. The lowest BCUT2D eigenvalue weighted by molar-refractivity contribution is -0.142. The monoisotopic (exact) mass is 461 g/mol. The molecular weight excluding hydrogens is 418 g/mol. The fourth-order valence-electron chi connectivity index (χ4n) is 3.24. The van der Waals surface area contributed by atoms with E-state index in [-0.39, 0.29) is 11.9 Å². The minimum absolute atomic E-state index is 0.200. The Morgan fingerprint density at radius 1 is 0.879 bits per heavy atom. The van der Waals surface area contributed by atoms with Gasteiger partial charge in [0.05, 0.1) is 13.2 Å². The van der Waals surface area contributed by atoms with Crippen LogP contribution in [-0.2, 0) is 25.4 Å². The number of carbonyl (C=O) groups is 2. The lowest BCUT2D eigenvalue weighted by Crippen LogP contribution is -2.38. The smallest absolute Gasteiger partial charge is 0.410 e. The first kappa shape index (κ1) is 28.5. The molecule has 0 bridgehead atoms. The highest BCUT2D eigenvalue weighted by atomic mass is 16.6. The van der Waals surface area contributed by atoms with Crippen LogP contribution in [0.5, 0.6) is 0 Å². The van der Waals surface area contributed by atoms with Gasteiger partial charge in [0.15, 0.2) is 0 Å². The zero-order chi connectivity index (χ0) is 24.7. The van der Waals surface area contributed by atoms with E-state index in [2.05, 4.69) is 6.92 Å². The molecule has 0 saturated heterocycles. The summed E-state index contributed by atoms with van der Waals surface area (Å²) < 4.78 is 16.1. The van der Waals surface area contributed by atoms with Crippen molar-refractivity contribution in [3.63, 3.8) is 0 Å². The number of rotatable bonds is 14. The fourth-order valence-corrected chi connectivity index (χ4v) is 3.24. The van der Waals surface area contributed by atoms with Gasteiger partial charge in [-0.15, -0.1) is 0 Å². The van der Waals surface area contributed by atoms with E-state index in [4.69, 9.17) is 14.2 Å². The third-order valence-electron chi connectivity index (χ3n) is 4.91. The molecule has 6 heteroatoms. The number of carbonyl (C=O) groups excluding carboxylic acids is 2. The van der Waals surface area contributed by atoms with Gasteiger partial charge >= 0.3 is 12.1 Å². The van der Waals surface area contributed by atoms with Gasteiger partial charge in [-0.3, -0.25) is 0 Å². The summed E-state index contributed by atoms with van der Waals surface area (Å²) in [6, 6.07) is 7.90. The van der Waals surface area contributed by atoms with Gasteiger partial charge in [-0.05, 0) is 64.7 Å². The summed E-state index contributed by atoms with van der Waals surface area (Å²) in [5.74, 6) is -0.262. The predicted molar refractivity (Wildman–Crippen MR) is 133 cm³/mol. The van der Waals surface area contributed by atoms with Crippen LogP contribution in [0.3, 0.4) is 0 Å². The third kappa shape index (κ3) is 12.4. The quantitative estimate of drug-likeness (QED) is 0.139. The molecule has 0 aliphatic rings. The van der Waals surface area contributed by atoms with Crippen LogP contribution in [0.2, 0.25) is 0 Å². The summed E-state index contributed by atoms with van der Waals surface area (Å²) in [6.45, 7) is 13.5. The predicted octanol–water partition coefficient (Wildman–Crippen LogP) is 6.38. The molecule has 0 saturated carbocycles. The Labute approximate surface area is 200 Å². The van der Waals surface area contributed by atoms with Crippen molar-refractivity contribution in [2.45, 2.75) is 85.7 Å². The van der Waals surface area contributed by atoms with Crippen molar-refractivity contribution >= 4 is 18.1 Å². The molecule has 0 heterocycles. The second-order valence-electron chi connectivity index (χ2n) is 9.04. The first-order chi connectivity index (χ1) is 15.7. The van der Waals surface area contributed by atoms with Crippen LogP contribution in [0.4, 0.5) is 4.79 Å². The molecule has 0 fully saturated rings. The average Bonchev–Trinajstić information content (AvgIpc) is 2.75. The van der Waals surface area contributed by atoms with Crippen LogP contribution < -0.4 is 0 Å². The molecule has 0 unspecified atom stereocenters. The van der Waals surface area contributed by atoms with Crippen molar-refractivity contribution in [3.05, 3.63) is 41.2 Å². The zero-order valence-corrected chi connectivity index (χ0v) is 21.4. The highest BCUT2D eigenvalue weighted by Gasteiger charge is 2.21. The fraction of sp³-hybridized carbons (Fsp3) is 0.630. The maximum absolute atomic E-state index is 12.7. The van der Waals surface area contributed by atoms with Gasteiger partial charge in [0.25, 0.3) is 0 Å². The van der Waals surface area contributed by atoms with Gasteiger partial charge in [0, 0.05) is 13.1 Å². The Balaban J connectivity index is 2.77. The summed E-state index contributed by atoms with van der Waals surface area (Å²) in [5, 5.41) is 0. The minimum Gasteiger partial charge on any atom is -0.487 e. The lowest BCUT2D eigenvalue weighted by Gasteiger charge is -2.27. The lowest BCUT2D eigenvalue weighted by atomic mass is 10.1. The van der Waals surface area contributed by atoms with Crippen LogP contribution in [0.25, 0.3) is 6.08 Å². The number of hydrogen-bond donors (Lipinski definition) is 0.